The van der Waals surface area contributed by atoms with Crippen molar-refractivity contribution < 1.29 is 9.26 Å². The number of rotatable bonds is 6. The third-order valence-corrected chi connectivity index (χ3v) is 4.27. The summed E-state index contributed by atoms with van der Waals surface area (Å²) in [5, 5.41) is 11.5. The Bertz CT molecular complexity index is 624. The van der Waals surface area contributed by atoms with E-state index >= 15 is 0 Å². The highest BCUT2D eigenvalue weighted by Crippen LogP contribution is 2.26. The maximum Gasteiger partial charge on any atom is 0.240 e. The number of hydrogen-bond acceptors (Lipinski definition) is 6. The molecule has 1 N–H and O–H groups in total. The summed E-state index contributed by atoms with van der Waals surface area (Å²) in [6.07, 6.45) is 2.21. The Labute approximate surface area is 136 Å². The lowest BCUT2D eigenvalue weighted by molar-refractivity contribution is 0.0683. The van der Waals surface area contributed by atoms with Crippen molar-refractivity contribution in [2.45, 2.75) is 52.2 Å². The Morgan fingerprint density at radius 2 is 2.39 bits per heavy atom. The second-order valence-corrected chi connectivity index (χ2v) is 6.19. The average molecular weight is 319 g/mol. The summed E-state index contributed by atoms with van der Waals surface area (Å²) in [4.78, 5) is 6.82. The first-order valence-corrected chi connectivity index (χ1v) is 8.34. The number of hydrogen-bond donors (Lipinski definition) is 1. The van der Waals surface area contributed by atoms with Gasteiger partial charge in [-0.05, 0) is 46.2 Å². The molecule has 126 valence electrons. The number of ether oxygens (including phenoxy) is 1. The summed E-state index contributed by atoms with van der Waals surface area (Å²) in [7, 11) is 0. The van der Waals surface area contributed by atoms with Gasteiger partial charge in [0.05, 0.1) is 12.2 Å². The van der Waals surface area contributed by atoms with Crippen molar-refractivity contribution in [2.75, 3.05) is 19.7 Å². The average Bonchev–Trinajstić information content (AvgIpc) is 3.17. The predicted octanol–water partition coefficient (Wildman–Crippen LogP) is 2.58. The number of likely N-dealkylation sites (tertiary alicyclic amines) is 1. The number of aryl methyl sites for hydroxylation is 1. The second-order valence-electron chi connectivity index (χ2n) is 6.19. The van der Waals surface area contributed by atoms with Gasteiger partial charge in [-0.2, -0.15) is 10.1 Å². The molecule has 1 fully saturated rings. The largest absolute Gasteiger partial charge is 0.371 e. The lowest BCUT2D eigenvalue weighted by Crippen LogP contribution is -2.34. The van der Waals surface area contributed by atoms with Crippen molar-refractivity contribution in [2.24, 2.45) is 0 Å². The van der Waals surface area contributed by atoms with Gasteiger partial charge in [-0.3, -0.25) is 10.00 Å². The number of H-pyrrole nitrogens is 1. The number of nitrogens with one attached hydrogen (secondary N) is 1. The van der Waals surface area contributed by atoms with E-state index in [4.69, 9.17) is 9.26 Å². The second kappa shape index (κ2) is 7.23. The molecule has 2 aromatic rings. The molecule has 0 aromatic carbocycles. The van der Waals surface area contributed by atoms with E-state index in [1.165, 1.54) is 6.42 Å². The molecule has 7 nitrogen and oxygen atoms in total. The van der Waals surface area contributed by atoms with Gasteiger partial charge in [-0.1, -0.05) is 5.16 Å². The van der Waals surface area contributed by atoms with E-state index in [0.717, 1.165) is 30.9 Å². The molecular formula is C16H25N5O2. The predicted molar refractivity (Wildman–Crippen MR) is 84.9 cm³/mol. The van der Waals surface area contributed by atoms with Gasteiger partial charge in [0.15, 0.2) is 5.82 Å². The molecule has 0 amide bonds. The number of piperidine rings is 1. The van der Waals surface area contributed by atoms with Crippen molar-refractivity contribution in [3.63, 3.8) is 0 Å². The smallest absolute Gasteiger partial charge is 0.240 e. The molecule has 3 heterocycles. The van der Waals surface area contributed by atoms with Crippen LogP contribution in [0.2, 0.25) is 0 Å². The van der Waals surface area contributed by atoms with Crippen LogP contribution >= 0.6 is 0 Å². The molecule has 23 heavy (non-hydrogen) atoms. The first kappa shape index (κ1) is 16.1. The van der Waals surface area contributed by atoms with Crippen LogP contribution in [0.4, 0.5) is 0 Å². The number of nitrogens with zero attached hydrogens (tertiary/aromatic N) is 4. The van der Waals surface area contributed by atoms with Crippen LogP contribution in [0, 0.1) is 6.92 Å². The molecule has 1 aliphatic rings. The molecule has 7 heteroatoms. The first-order valence-electron chi connectivity index (χ1n) is 8.34. The van der Waals surface area contributed by atoms with E-state index in [0.29, 0.717) is 30.8 Å². The Balaban J connectivity index is 1.59. The van der Waals surface area contributed by atoms with Crippen LogP contribution in [-0.4, -0.2) is 44.9 Å². The van der Waals surface area contributed by atoms with Crippen molar-refractivity contribution in [3.8, 4) is 0 Å². The van der Waals surface area contributed by atoms with Crippen molar-refractivity contribution >= 4 is 0 Å². The minimum atomic E-state index is -0.126. The quantitative estimate of drug-likeness (QED) is 0.881. The van der Waals surface area contributed by atoms with Gasteiger partial charge in [0.2, 0.25) is 5.89 Å². The van der Waals surface area contributed by atoms with Gasteiger partial charge in [0.25, 0.3) is 0 Å². The molecule has 3 rings (SSSR count). The minimum Gasteiger partial charge on any atom is -0.371 e. The fourth-order valence-corrected chi connectivity index (χ4v) is 3.10. The van der Waals surface area contributed by atoms with Gasteiger partial charge in [0, 0.05) is 24.8 Å². The van der Waals surface area contributed by atoms with Gasteiger partial charge in [0.1, 0.15) is 6.10 Å². The van der Waals surface area contributed by atoms with E-state index in [2.05, 4.69) is 31.3 Å². The third kappa shape index (κ3) is 3.97. The molecule has 1 saturated heterocycles. The van der Waals surface area contributed by atoms with Crippen LogP contribution in [0.25, 0.3) is 0 Å². The van der Waals surface area contributed by atoms with Gasteiger partial charge in [-0.15, -0.1) is 0 Å². The first-order chi connectivity index (χ1) is 11.2. The zero-order valence-corrected chi connectivity index (χ0v) is 14.1. The topological polar surface area (TPSA) is 80.1 Å². The van der Waals surface area contributed by atoms with E-state index < -0.39 is 0 Å². The minimum absolute atomic E-state index is 0.126. The van der Waals surface area contributed by atoms with E-state index in [1.54, 1.807) is 0 Å². The van der Waals surface area contributed by atoms with E-state index in [9.17, 15) is 0 Å². The highest BCUT2D eigenvalue weighted by Gasteiger charge is 2.25. The number of aromatic amines is 1. The fraction of sp³-hybridized carbons (Fsp3) is 0.688. The van der Waals surface area contributed by atoms with Crippen LogP contribution in [0.15, 0.2) is 10.6 Å². The summed E-state index contributed by atoms with van der Waals surface area (Å²) in [5.74, 6) is 1.75. The van der Waals surface area contributed by atoms with Crippen LogP contribution in [-0.2, 0) is 11.3 Å². The Kier molecular flexibility index (Phi) is 5.07. The molecule has 0 aliphatic carbocycles. The standard InChI is InChI=1S/C16H25N5O2/c1-4-22-12(3)16-17-15(23-20-16)10-21-7-5-6-13(9-21)14-8-11(2)18-19-14/h8,12-13H,4-7,9-10H2,1-3H3,(H,18,19)/t12-,13-/m1/s1. The van der Waals surface area contributed by atoms with Crippen LogP contribution in [0.5, 0.6) is 0 Å². The molecule has 0 saturated carbocycles. The van der Waals surface area contributed by atoms with Crippen LogP contribution < -0.4 is 0 Å². The zero-order chi connectivity index (χ0) is 16.2. The summed E-state index contributed by atoms with van der Waals surface area (Å²) < 4.78 is 10.9. The summed E-state index contributed by atoms with van der Waals surface area (Å²) >= 11 is 0. The van der Waals surface area contributed by atoms with Crippen molar-refractivity contribution in [3.05, 3.63) is 29.2 Å². The van der Waals surface area contributed by atoms with Crippen molar-refractivity contribution in [1.82, 2.24) is 25.2 Å². The van der Waals surface area contributed by atoms with E-state index in [1.807, 2.05) is 20.8 Å². The summed E-state index contributed by atoms with van der Waals surface area (Å²) in [6.45, 7) is 9.29. The molecule has 0 spiro atoms. The Morgan fingerprint density at radius 1 is 1.52 bits per heavy atom. The summed E-state index contributed by atoms with van der Waals surface area (Å²) in [6, 6.07) is 2.14. The maximum absolute atomic E-state index is 5.50. The van der Waals surface area contributed by atoms with E-state index in [-0.39, 0.29) is 6.10 Å². The van der Waals surface area contributed by atoms with Gasteiger partial charge >= 0.3 is 0 Å². The van der Waals surface area contributed by atoms with Crippen LogP contribution in [0.1, 0.15) is 61.8 Å². The zero-order valence-electron chi connectivity index (χ0n) is 14.1. The lowest BCUT2D eigenvalue weighted by Gasteiger charge is -2.30. The van der Waals surface area contributed by atoms with Crippen LogP contribution in [0.3, 0.4) is 0 Å². The summed E-state index contributed by atoms with van der Waals surface area (Å²) in [5.41, 5.74) is 2.27. The fourth-order valence-electron chi connectivity index (χ4n) is 3.10. The third-order valence-electron chi connectivity index (χ3n) is 4.27. The molecule has 2 aromatic heterocycles. The van der Waals surface area contributed by atoms with Gasteiger partial charge < -0.3 is 9.26 Å². The highest BCUT2D eigenvalue weighted by molar-refractivity contribution is 5.13. The molecule has 0 radical (unpaired) electrons. The monoisotopic (exact) mass is 319 g/mol. The molecule has 0 unspecified atom stereocenters. The van der Waals surface area contributed by atoms with Crippen molar-refractivity contribution in [1.29, 1.82) is 0 Å². The normalized spacial score (nSPS) is 20.7. The molecule has 0 bridgehead atoms. The highest BCUT2D eigenvalue weighted by atomic mass is 16.5. The Hall–Kier alpha value is -1.73. The molecule has 2 atom stereocenters. The number of aromatic nitrogens is 4. The Morgan fingerprint density at radius 3 is 3.13 bits per heavy atom. The molecular weight excluding hydrogens is 294 g/mol. The maximum atomic E-state index is 5.50. The molecule has 1 aliphatic heterocycles. The van der Waals surface area contributed by atoms with Gasteiger partial charge in [-0.25, -0.2) is 0 Å². The SMILES string of the molecule is CCO[C@H](C)c1noc(CN2CCC[C@@H](c3cc(C)[nH]n3)C2)n1. The lowest BCUT2D eigenvalue weighted by atomic mass is 9.95.